The third-order valence-electron chi connectivity index (χ3n) is 6.44. The van der Waals surface area contributed by atoms with Crippen LogP contribution in [-0.4, -0.2) is 51.7 Å². The van der Waals surface area contributed by atoms with Crippen LogP contribution in [0.1, 0.15) is 38.7 Å². The maximum absolute atomic E-state index is 14.9. The fraction of sp³-hybridized carbons (Fsp3) is 0.321. The van der Waals surface area contributed by atoms with Gasteiger partial charge < -0.3 is 15.8 Å². The van der Waals surface area contributed by atoms with Gasteiger partial charge >= 0.3 is 0 Å². The molecule has 40 heavy (non-hydrogen) atoms. The van der Waals surface area contributed by atoms with E-state index in [1.54, 1.807) is 29.7 Å². The number of methoxy groups -OCH3 is 1. The van der Waals surface area contributed by atoms with Crippen molar-refractivity contribution in [1.82, 2.24) is 19.5 Å². The van der Waals surface area contributed by atoms with Crippen molar-refractivity contribution in [2.75, 3.05) is 30.4 Å². The number of carbonyl (C=O) groups is 1. The first-order valence-corrected chi connectivity index (χ1v) is 12.8. The van der Waals surface area contributed by atoms with Crippen LogP contribution in [0.15, 0.2) is 65.9 Å². The zero-order valence-corrected chi connectivity index (χ0v) is 22.5. The predicted molar refractivity (Wildman–Crippen MR) is 148 cm³/mol. The molecule has 0 aliphatic heterocycles. The summed E-state index contributed by atoms with van der Waals surface area (Å²) < 4.78 is 36.5. The van der Waals surface area contributed by atoms with Crippen LogP contribution in [-0.2, 0) is 9.53 Å². The summed E-state index contributed by atoms with van der Waals surface area (Å²) in [5.74, 6) is -1.46. The molecule has 0 spiro atoms. The number of halogens is 2. The Hall–Kier alpha value is -4.63. The molecule has 1 aliphatic rings. The predicted octanol–water partition coefficient (Wildman–Crippen LogP) is 4.59. The lowest BCUT2D eigenvalue weighted by Gasteiger charge is -2.32. The van der Waals surface area contributed by atoms with Gasteiger partial charge in [-0.25, -0.2) is 18.7 Å². The van der Waals surface area contributed by atoms with Crippen molar-refractivity contribution in [2.45, 2.75) is 39.2 Å². The van der Waals surface area contributed by atoms with Gasteiger partial charge in [0.25, 0.3) is 0 Å². The Bertz CT molecular complexity index is 1550. The van der Waals surface area contributed by atoms with Gasteiger partial charge in [-0.2, -0.15) is 10.2 Å². The lowest BCUT2D eigenvalue weighted by atomic mass is 10.00. The van der Waals surface area contributed by atoms with Gasteiger partial charge in [0.05, 0.1) is 47.7 Å². The molecular weight excluding hydrogens is 518 g/mol. The zero-order chi connectivity index (χ0) is 28.8. The number of nitrogens with one attached hydrogen (secondary N) is 1. The summed E-state index contributed by atoms with van der Waals surface area (Å²) in [6.07, 6.45) is 6.07. The molecule has 0 fully saturated rings. The second-order valence-electron chi connectivity index (χ2n) is 9.06. The van der Waals surface area contributed by atoms with Crippen molar-refractivity contribution in [3.8, 4) is 12.0 Å². The summed E-state index contributed by atoms with van der Waals surface area (Å²) in [5, 5.41) is 12.6. The molecule has 3 aromatic rings. The van der Waals surface area contributed by atoms with Crippen LogP contribution in [0.3, 0.4) is 0 Å². The van der Waals surface area contributed by atoms with Crippen LogP contribution in [0.2, 0.25) is 0 Å². The molecule has 0 unspecified atom stereocenters. The first-order chi connectivity index (χ1) is 19.3. The van der Waals surface area contributed by atoms with E-state index < -0.39 is 23.6 Å². The smallest absolute Gasteiger partial charge is 0.237 e. The van der Waals surface area contributed by atoms with Crippen LogP contribution < -0.4 is 16.0 Å². The third-order valence-corrected chi connectivity index (χ3v) is 6.44. The quantitative estimate of drug-likeness (QED) is 0.351. The Morgan fingerprint density at radius 3 is 2.83 bits per heavy atom. The minimum atomic E-state index is -0.835. The maximum atomic E-state index is 14.9. The molecule has 2 aromatic heterocycles. The normalized spacial score (nSPS) is 14.2. The molecule has 10 nitrogen and oxygen atoms in total. The number of hydrogen-bond acceptors (Lipinski definition) is 8. The minimum absolute atomic E-state index is 0.151. The highest BCUT2D eigenvalue weighted by atomic mass is 19.1. The Morgan fingerprint density at radius 1 is 1.35 bits per heavy atom. The van der Waals surface area contributed by atoms with Gasteiger partial charge in [0, 0.05) is 25.5 Å². The van der Waals surface area contributed by atoms with Crippen LogP contribution in [0.25, 0.3) is 17.0 Å². The van der Waals surface area contributed by atoms with Crippen LogP contribution >= 0.6 is 0 Å². The molecule has 4 rings (SSSR count). The minimum Gasteiger partial charge on any atom is -0.493 e. The summed E-state index contributed by atoms with van der Waals surface area (Å²) in [6.45, 7) is 4.08. The van der Waals surface area contributed by atoms with Crippen molar-refractivity contribution in [1.29, 1.82) is 5.26 Å². The number of hydrogen-bond donors (Lipinski definition) is 2. The summed E-state index contributed by atoms with van der Waals surface area (Å²) in [6, 6.07) is 6.32. The number of imidazole rings is 1. The van der Waals surface area contributed by atoms with Crippen molar-refractivity contribution in [3.63, 3.8) is 0 Å². The standard InChI is InChI=1S/C28H30F2N8O2/c1-4-24(20-13-19(29)7-8-21(30)26(20)40-3)38(17(2)39)27-23(33-11-5-10-31)15-34-28(36-27)37-16-35-22-9-6-18(14-32)12-25(22)37/h6,8-9,12-13,15-16,24,33H,4-5,7,10-11,31H2,1-3H3/t24-/m1/s1. The molecule has 0 radical (unpaired) electrons. The summed E-state index contributed by atoms with van der Waals surface area (Å²) in [4.78, 5) is 28.3. The lowest BCUT2D eigenvalue weighted by Crippen LogP contribution is -2.41. The van der Waals surface area contributed by atoms with Crippen LogP contribution in [0, 0.1) is 11.3 Å². The number of rotatable bonds is 10. The summed E-state index contributed by atoms with van der Waals surface area (Å²) in [5.41, 5.74) is 7.93. The molecule has 2 heterocycles. The second kappa shape index (κ2) is 12.5. The molecule has 1 aliphatic carbocycles. The van der Waals surface area contributed by atoms with Gasteiger partial charge in [0.1, 0.15) is 12.2 Å². The molecule has 0 saturated heterocycles. The number of fused-ring (bicyclic) bond motifs is 1. The third kappa shape index (κ3) is 5.69. The Morgan fingerprint density at radius 2 is 2.15 bits per heavy atom. The van der Waals surface area contributed by atoms with Gasteiger partial charge in [-0.3, -0.25) is 14.3 Å². The van der Waals surface area contributed by atoms with E-state index in [1.165, 1.54) is 37.5 Å². The summed E-state index contributed by atoms with van der Waals surface area (Å²) in [7, 11) is 1.30. The van der Waals surface area contributed by atoms with E-state index in [0.29, 0.717) is 48.2 Å². The molecule has 0 bridgehead atoms. The van der Waals surface area contributed by atoms with Gasteiger partial charge in [0.15, 0.2) is 17.4 Å². The number of nitrogens with two attached hydrogens (primary N) is 1. The first kappa shape index (κ1) is 28.4. The average Bonchev–Trinajstić information content (AvgIpc) is 3.31. The largest absolute Gasteiger partial charge is 0.493 e. The van der Waals surface area contributed by atoms with Crippen LogP contribution in [0.5, 0.6) is 0 Å². The van der Waals surface area contributed by atoms with E-state index in [0.717, 1.165) is 6.08 Å². The number of allylic oxidation sites excluding steroid dienone is 3. The van der Waals surface area contributed by atoms with E-state index in [4.69, 9.17) is 15.5 Å². The van der Waals surface area contributed by atoms with Crippen molar-refractivity contribution in [2.24, 2.45) is 5.73 Å². The second-order valence-corrected chi connectivity index (χ2v) is 9.06. The molecule has 1 amide bonds. The topological polar surface area (TPSA) is 135 Å². The van der Waals surface area contributed by atoms with Gasteiger partial charge in [-0.1, -0.05) is 6.92 Å². The van der Waals surface area contributed by atoms with E-state index in [1.807, 2.05) is 0 Å². The van der Waals surface area contributed by atoms with Crippen molar-refractivity contribution in [3.05, 3.63) is 71.4 Å². The Kier molecular flexibility index (Phi) is 8.86. The lowest BCUT2D eigenvalue weighted by molar-refractivity contribution is -0.116. The average molecular weight is 549 g/mol. The van der Waals surface area contributed by atoms with Gasteiger partial charge in [-0.15, -0.1) is 0 Å². The fourth-order valence-electron chi connectivity index (χ4n) is 4.58. The molecule has 12 heteroatoms. The zero-order valence-electron chi connectivity index (χ0n) is 22.5. The van der Waals surface area contributed by atoms with Crippen LogP contribution in [0.4, 0.5) is 20.3 Å². The molecule has 1 aromatic carbocycles. The first-order valence-electron chi connectivity index (χ1n) is 12.8. The maximum Gasteiger partial charge on any atom is 0.237 e. The van der Waals surface area contributed by atoms with E-state index in [2.05, 4.69) is 21.4 Å². The molecule has 0 saturated carbocycles. The van der Waals surface area contributed by atoms with E-state index in [-0.39, 0.29) is 29.5 Å². The number of amides is 1. The highest BCUT2D eigenvalue weighted by molar-refractivity contribution is 5.95. The molecule has 3 N–H and O–H groups in total. The number of benzene rings is 1. The van der Waals surface area contributed by atoms with E-state index >= 15 is 0 Å². The SMILES string of the molecule is CC[C@H](C1=C(OC)C(F)=CCC(F)=C1)N(C(C)=O)c1nc(-n2cnc3ccc(C#N)cc32)ncc1NCCCN. The Balaban J connectivity index is 1.93. The highest BCUT2D eigenvalue weighted by Crippen LogP contribution is 2.35. The van der Waals surface area contributed by atoms with Crippen molar-refractivity contribution < 1.29 is 18.3 Å². The number of aromatic nitrogens is 4. The number of ether oxygens (including phenoxy) is 1. The van der Waals surface area contributed by atoms with Crippen molar-refractivity contribution >= 4 is 28.4 Å². The number of nitrogens with zero attached hydrogens (tertiary/aromatic N) is 6. The van der Waals surface area contributed by atoms with Gasteiger partial charge in [0.2, 0.25) is 11.9 Å². The molecule has 208 valence electrons. The monoisotopic (exact) mass is 548 g/mol. The molecular formula is C28H30F2N8O2. The number of nitriles is 1. The summed E-state index contributed by atoms with van der Waals surface area (Å²) >= 11 is 0. The molecule has 1 atom stereocenters. The van der Waals surface area contributed by atoms with E-state index in [9.17, 15) is 18.8 Å². The Labute approximate surface area is 230 Å². The van der Waals surface area contributed by atoms with Gasteiger partial charge in [-0.05, 0) is 49.7 Å². The highest BCUT2D eigenvalue weighted by Gasteiger charge is 2.32. The number of anilines is 2. The number of carbonyl (C=O) groups excluding carboxylic acids is 1. The fourth-order valence-corrected chi connectivity index (χ4v) is 4.58.